The predicted molar refractivity (Wildman–Crippen MR) is 88.9 cm³/mol. The molecule has 118 valence electrons. The van der Waals surface area contributed by atoms with Crippen molar-refractivity contribution in [2.75, 3.05) is 20.6 Å². The minimum absolute atomic E-state index is 0.0558. The largest absolute Gasteiger partial charge is 0.487 e. The maximum Gasteiger partial charge on any atom is 0.123 e. The summed E-state index contributed by atoms with van der Waals surface area (Å²) >= 11 is 0. The second-order valence-corrected chi connectivity index (χ2v) is 7.47. The Kier molecular flexibility index (Phi) is 4.95. The monoisotopic (exact) mass is 290 g/mol. The first kappa shape index (κ1) is 16.3. The van der Waals surface area contributed by atoms with Gasteiger partial charge in [-0.2, -0.15) is 0 Å². The average molecular weight is 290 g/mol. The van der Waals surface area contributed by atoms with Gasteiger partial charge in [0, 0.05) is 25.6 Å². The molecule has 3 heteroatoms. The molecule has 1 heterocycles. The lowest BCUT2D eigenvalue weighted by Gasteiger charge is -2.25. The molecule has 0 amide bonds. The maximum absolute atomic E-state index is 5.94. The Hall–Kier alpha value is -1.06. The molecule has 2 rings (SSSR count). The van der Waals surface area contributed by atoms with E-state index in [2.05, 4.69) is 70.2 Å². The maximum atomic E-state index is 5.94. The normalized spacial score (nSPS) is 17.9. The van der Waals surface area contributed by atoms with Gasteiger partial charge in [-0.1, -0.05) is 26.0 Å². The number of fused-ring (bicyclic) bond motifs is 1. The molecule has 0 saturated carbocycles. The van der Waals surface area contributed by atoms with Gasteiger partial charge in [0.25, 0.3) is 0 Å². The molecule has 1 aromatic carbocycles. The molecule has 0 saturated heterocycles. The summed E-state index contributed by atoms with van der Waals surface area (Å²) in [5, 5.41) is 3.70. The predicted octanol–water partition coefficient (Wildman–Crippen LogP) is 3.08. The van der Waals surface area contributed by atoms with Crippen molar-refractivity contribution in [3.05, 3.63) is 29.3 Å². The minimum Gasteiger partial charge on any atom is -0.487 e. The molecule has 0 aliphatic carbocycles. The van der Waals surface area contributed by atoms with Crippen LogP contribution in [0.25, 0.3) is 0 Å². The molecule has 1 aliphatic rings. The standard InChI is InChI=1S/C18H30N2O/c1-13(2)16(12-20(5)6)19-11-14-7-8-17-15(9-14)10-18(3,4)21-17/h7-9,13,16,19H,10-12H2,1-6H3. The van der Waals surface area contributed by atoms with Crippen LogP contribution in [-0.2, 0) is 13.0 Å². The van der Waals surface area contributed by atoms with Crippen molar-refractivity contribution in [2.45, 2.75) is 52.3 Å². The van der Waals surface area contributed by atoms with Gasteiger partial charge in [-0.05, 0) is 51.1 Å². The molecular weight excluding hydrogens is 260 g/mol. The Morgan fingerprint density at radius 3 is 2.62 bits per heavy atom. The summed E-state index contributed by atoms with van der Waals surface area (Å²) in [6.45, 7) is 10.8. The van der Waals surface area contributed by atoms with Crippen molar-refractivity contribution in [3.8, 4) is 5.75 Å². The van der Waals surface area contributed by atoms with Crippen molar-refractivity contribution in [1.82, 2.24) is 10.2 Å². The third-order valence-corrected chi connectivity index (χ3v) is 4.06. The first-order valence-corrected chi connectivity index (χ1v) is 7.96. The molecule has 21 heavy (non-hydrogen) atoms. The zero-order valence-electron chi connectivity index (χ0n) is 14.4. The van der Waals surface area contributed by atoms with E-state index < -0.39 is 0 Å². The van der Waals surface area contributed by atoms with Crippen LogP contribution < -0.4 is 10.1 Å². The van der Waals surface area contributed by atoms with E-state index in [9.17, 15) is 0 Å². The summed E-state index contributed by atoms with van der Waals surface area (Å²) in [7, 11) is 4.26. The SMILES string of the molecule is CC(C)C(CN(C)C)NCc1ccc2c(c1)CC(C)(C)O2. The van der Waals surface area contributed by atoms with Crippen LogP contribution in [0.1, 0.15) is 38.8 Å². The average Bonchev–Trinajstić information content (AvgIpc) is 2.66. The lowest BCUT2D eigenvalue weighted by molar-refractivity contribution is 0.138. The van der Waals surface area contributed by atoms with Gasteiger partial charge >= 0.3 is 0 Å². The first-order chi connectivity index (χ1) is 9.77. The van der Waals surface area contributed by atoms with Crippen LogP contribution in [0, 0.1) is 5.92 Å². The third-order valence-electron chi connectivity index (χ3n) is 4.06. The van der Waals surface area contributed by atoms with E-state index in [4.69, 9.17) is 4.74 Å². The lowest BCUT2D eigenvalue weighted by atomic mass is 9.99. The fourth-order valence-electron chi connectivity index (χ4n) is 2.93. The van der Waals surface area contributed by atoms with E-state index >= 15 is 0 Å². The number of hydrogen-bond donors (Lipinski definition) is 1. The van der Waals surface area contributed by atoms with Gasteiger partial charge < -0.3 is 15.0 Å². The minimum atomic E-state index is -0.0558. The molecule has 0 radical (unpaired) electrons. The summed E-state index contributed by atoms with van der Waals surface area (Å²) in [5.74, 6) is 1.68. The van der Waals surface area contributed by atoms with Crippen molar-refractivity contribution >= 4 is 0 Å². The van der Waals surface area contributed by atoms with E-state index in [-0.39, 0.29) is 5.60 Å². The topological polar surface area (TPSA) is 24.5 Å². The van der Waals surface area contributed by atoms with E-state index in [0.717, 1.165) is 25.3 Å². The first-order valence-electron chi connectivity index (χ1n) is 7.96. The molecule has 0 aromatic heterocycles. The summed E-state index contributed by atoms with van der Waals surface area (Å²) < 4.78 is 5.94. The number of nitrogens with one attached hydrogen (secondary N) is 1. The molecule has 0 fully saturated rings. The van der Waals surface area contributed by atoms with E-state index in [1.165, 1.54) is 11.1 Å². The summed E-state index contributed by atoms with van der Waals surface area (Å²) in [4.78, 5) is 2.25. The molecule has 1 N–H and O–H groups in total. The molecule has 1 aromatic rings. The fraction of sp³-hybridized carbons (Fsp3) is 0.667. The zero-order valence-corrected chi connectivity index (χ0v) is 14.4. The zero-order chi connectivity index (χ0) is 15.6. The summed E-state index contributed by atoms with van der Waals surface area (Å²) in [5.41, 5.74) is 2.63. The molecule has 1 aliphatic heterocycles. The van der Waals surface area contributed by atoms with Gasteiger partial charge in [-0.3, -0.25) is 0 Å². The highest BCUT2D eigenvalue weighted by molar-refractivity contribution is 5.41. The van der Waals surface area contributed by atoms with Crippen LogP contribution >= 0.6 is 0 Å². The van der Waals surface area contributed by atoms with Crippen LogP contribution in [0.15, 0.2) is 18.2 Å². The number of hydrogen-bond acceptors (Lipinski definition) is 3. The highest BCUT2D eigenvalue weighted by atomic mass is 16.5. The van der Waals surface area contributed by atoms with Gasteiger partial charge in [0.1, 0.15) is 11.4 Å². The second kappa shape index (κ2) is 6.37. The molecule has 1 atom stereocenters. The van der Waals surface area contributed by atoms with E-state index in [1.807, 2.05) is 0 Å². The highest BCUT2D eigenvalue weighted by Crippen LogP contribution is 2.35. The number of ether oxygens (including phenoxy) is 1. The van der Waals surface area contributed by atoms with Crippen LogP contribution in [0.3, 0.4) is 0 Å². The van der Waals surface area contributed by atoms with Crippen molar-refractivity contribution in [3.63, 3.8) is 0 Å². The van der Waals surface area contributed by atoms with Crippen molar-refractivity contribution < 1.29 is 4.74 Å². The van der Waals surface area contributed by atoms with Crippen LogP contribution in [-0.4, -0.2) is 37.2 Å². The molecular formula is C18H30N2O. The summed E-state index contributed by atoms with van der Waals surface area (Å²) in [6.07, 6.45) is 1.00. The number of nitrogens with zero attached hydrogens (tertiary/aromatic N) is 1. The fourth-order valence-corrected chi connectivity index (χ4v) is 2.93. The number of likely N-dealkylation sites (N-methyl/N-ethyl adjacent to an activating group) is 1. The van der Waals surface area contributed by atoms with Gasteiger partial charge in [0.05, 0.1) is 0 Å². The molecule has 0 bridgehead atoms. The van der Waals surface area contributed by atoms with Crippen LogP contribution in [0.5, 0.6) is 5.75 Å². The van der Waals surface area contributed by atoms with E-state index in [0.29, 0.717) is 12.0 Å². The Morgan fingerprint density at radius 2 is 2.00 bits per heavy atom. The lowest BCUT2D eigenvalue weighted by Crippen LogP contribution is -2.41. The Balaban J connectivity index is 1.98. The van der Waals surface area contributed by atoms with E-state index in [1.54, 1.807) is 0 Å². The Labute approximate surface area is 129 Å². The quantitative estimate of drug-likeness (QED) is 0.871. The molecule has 1 unspecified atom stereocenters. The molecule has 0 spiro atoms. The van der Waals surface area contributed by atoms with Crippen molar-refractivity contribution in [2.24, 2.45) is 5.92 Å². The Morgan fingerprint density at radius 1 is 1.29 bits per heavy atom. The molecule has 3 nitrogen and oxygen atoms in total. The highest BCUT2D eigenvalue weighted by Gasteiger charge is 2.29. The van der Waals surface area contributed by atoms with Crippen LogP contribution in [0.2, 0.25) is 0 Å². The second-order valence-electron chi connectivity index (χ2n) is 7.47. The van der Waals surface area contributed by atoms with Crippen LogP contribution in [0.4, 0.5) is 0 Å². The smallest absolute Gasteiger partial charge is 0.123 e. The van der Waals surface area contributed by atoms with Gasteiger partial charge in [0.2, 0.25) is 0 Å². The third kappa shape index (κ3) is 4.45. The number of benzene rings is 1. The van der Waals surface area contributed by atoms with Gasteiger partial charge in [-0.25, -0.2) is 0 Å². The van der Waals surface area contributed by atoms with Gasteiger partial charge in [0.15, 0.2) is 0 Å². The Bertz CT molecular complexity index is 480. The van der Waals surface area contributed by atoms with Gasteiger partial charge in [-0.15, -0.1) is 0 Å². The summed E-state index contributed by atoms with van der Waals surface area (Å²) in [6, 6.07) is 7.11. The van der Waals surface area contributed by atoms with Crippen molar-refractivity contribution in [1.29, 1.82) is 0 Å². The number of rotatable bonds is 6.